The normalized spacial score (nSPS) is 31.2. The molecule has 3 atom stereocenters. The zero-order valence-electron chi connectivity index (χ0n) is 10.3. The number of amides is 1. The molecule has 96 valence electrons. The minimum Gasteiger partial charge on any atom is -0.370 e. The van der Waals surface area contributed by atoms with Crippen molar-refractivity contribution in [1.82, 2.24) is 4.90 Å². The molecule has 3 unspecified atom stereocenters. The maximum absolute atomic E-state index is 12.1. The fourth-order valence-electron chi connectivity index (χ4n) is 2.45. The smallest absolute Gasteiger partial charge is 0.227 e. The van der Waals surface area contributed by atoms with Gasteiger partial charge in [0.15, 0.2) is 0 Å². The summed E-state index contributed by atoms with van der Waals surface area (Å²) < 4.78 is 5.75. The average Bonchev–Trinajstić information content (AvgIpc) is 3.16. The van der Waals surface area contributed by atoms with Crippen molar-refractivity contribution in [3.63, 3.8) is 0 Å². The lowest BCUT2D eigenvalue weighted by molar-refractivity contribution is -0.140. The molecule has 4 nitrogen and oxygen atoms in total. The predicted molar refractivity (Wildman–Crippen MR) is 67.8 cm³/mol. The second-order valence-corrected chi connectivity index (χ2v) is 5.06. The van der Waals surface area contributed by atoms with Crippen LogP contribution in [0.2, 0.25) is 0 Å². The number of ether oxygens (including phenoxy) is 1. The van der Waals surface area contributed by atoms with E-state index in [0.717, 1.165) is 12.0 Å². The van der Waals surface area contributed by atoms with Crippen LogP contribution in [0.1, 0.15) is 18.1 Å². The van der Waals surface area contributed by atoms with Crippen molar-refractivity contribution in [2.75, 3.05) is 19.7 Å². The monoisotopic (exact) mass is 246 g/mol. The maximum atomic E-state index is 12.1. The molecule has 1 aromatic rings. The third-order valence-corrected chi connectivity index (χ3v) is 3.71. The van der Waals surface area contributed by atoms with Gasteiger partial charge < -0.3 is 15.4 Å². The third-order valence-electron chi connectivity index (χ3n) is 3.71. The van der Waals surface area contributed by atoms with E-state index in [4.69, 9.17) is 10.5 Å². The van der Waals surface area contributed by atoms with Crippen molar-refractivity contribution in [1.29, 1.82) is 0 Å². The zero-order valence-corrected chi connectivity index (χ0v) is 10.3. The quantitative estimate of drug-likeness (QED) is 0.844. The molecule has 0 radical (unpaired) electrons. The summed E-state index contributed by atoms with van der Waals surface area (Å²) in [7, 11) is 0. The Morgan fingerprint density at radius 1 is 1.33 bits per heavy atom. The number of hydrogen-bond acceptors (Lipinski definition) is 3. The van der Waals surface area contributed by atoms with Crippen LogP contribution < -0.4 is 5.73 Å². The maximum Gasteiger partial charge on any atom is 0.227 e. The molecule has 3 rings (SSSR count). The SMILES string of the molecule is NC1CC1C(=O)N1CCOC(c2ccccc2)C1. The minimum atomic E-state index is -0.00104. The first kappa shape index (κ1) is 11.7. The van der Waals surface area contributed by atoms with E-state index in [1.807, 2.05) is 35.2 Å². The number of nitrogens with zero attached hydrogens (tertiary/aromatic N) is 1. The highest BCUT2D eigenvalue weighted by atomic mass is 16.5. The van der Waals surface area contributed by atoms with Crippen LogP contribution in [0, 0.1) is 5.92 Å². The van der Waals surface area contributed by atoms with E-state index in [0.29, 0.717) is 19.7 Å². The summed E-state index contributed by atoms with van der Waals surface area (Å²) in [6.45, 7) is 1.94. The highest BCUT2D eigenvalue weighted by Crippen LogP contribution is 2.32. The van der Waals surface area contributed by atoms with E-state index >= 15 is 0 Å². The largest absolute Gasteiger partial charge is 0.370 e. The number of carbonyl (C=O) groups is 1. The third kappa shape index (κ3) is 2.26. The van der Waals surface area contributed by atoms with E-state index in [2.05, 4.69) is 0 Å². The highest BCUT2D eigenvalue weighted by molar-refractivity contribution is 5.82. The van der Waals surface area contributed by atoms with Gasteiger partial charge in [-0.1, -0.05) is 30.3 Å². The van der Waals surface area contributed by atoms with Crippen LogP contribution in [-0.4, -0.2) is 36.5 Å². The molecule has 1 aromatic carbocycles. The van der Waals surface area contributed by atoms with E-state index in [1.54, 1.807) is 0 Å². The number of hydrogen-bond donors (Lipinski definition) is 1. The summed E-state index contributed by atoms with van der Waals surface area (Å²) in [4.78, 5) is 14.0. The molecule has 2 N–H and O–H groups in total. The molecule has 0 aromatic heterocycles. The molecule has 1 heterocycles. The van der Waals surface area contributed by atoms with Crippen LogP contribution in [0.25, 0.3) is 0 Å². The van der Waals surface area contributed by atoms with Crippen molar-refractivity contribution < 1.29 is 9.53 Å². The summed E-state index contributed by atoms with van der Waals surface area (Å²) in [5.74, 6) is 0.256. The Hall–Kier alpha value is -1.39. The molecule has 0 spiro atoms. The number of morpholine rings is 1. The summed E-state index contributed by atoms with van der Waals surface area (Å²) in [5, 5.41) is 0. The Kier molecular flexibility index (Phi) is 3.06. The molecule has 1 aliphatic heterocycles. The standard InChI is InChI=1S/C14H18N2O2/c15-12-8-11(12)14(17)16-6-7-18-13(9-16)10-4-2-1-3-5-10/h1-5,11-13H,6-9,15H2. The topological polar surface area (TPSA) is 55.6 Å². The van der Waals surface area contributed by atoms with Gasteiger partial charge in [-0.15, -0.1) is 0 Å². The first-order valence-electron chi connectivity index (χ1n) is 6.46. The first-order valence-corrected chi connectivity index (χ1v) is 6.46. The molecular formula is C14H18N2O2. The molecular weight excluding hydrogens is 228 g/mol. The van der Waals surface area contributed by atoms with E-state index in [-0.39, 0.29) is 24.0 Å². The molecule has 1 saturated heterocycles. The van der Waals surface area contributed by atoms with Crippen molar-refractivity contribution in [2.24, 2.45) is 11.7 Å². The van der Waals surface area contributed by atoms with Crippen LogP contribution in [0.3, 0.4) is 0 Å². The average molecular weight is 246 g/mol. The molecule has 4 heteroatoms. The van der Waals surface area contributed by atoms with E-state index in [9.17, 15) is 4.79 Å². The summed E-state index contributed by atoms with van der Waals surface area (Å²) in [6.07, 6.45) is 0.838. The number of benzene rings is 1. The van der Waals surface area contributed by atoms with Gasteiger partial charge >= 0.3 is 0 Å². The van der Waals surface area contributed by atoms with Crippen molar-refractivity contribution in [3.8, 4) is 0 Å². The fraction of sp³-hybridized carbons (Fsp3) is 0.500. The van der Waals surface area contributed by atoms with Gasteiger partial charge in [0.1, 0.15) is 6.10 Å². The Bertz CT molecular complexity index is 435. The van der Waals surface area contributed by atoms with Crippen LogP contribution in [0.15, 0.2) is 30.3 Å². The lowest BCUT2D eigenvalue weighted by Gasteiger charge is -2.33. The molecule has 2 fully saturated rings. The van der Waals surface area contributed by atoms with Crippen molar-refractivity contribution >= 4 is 5.91 Å². The van der Waals surface area contributed by atoms with Gasteiger partial charge in [-0.05, 0) is 12.0 Å². The number of nitrogens with two attached hydrogens (primary N) is 1. The Balaban J connectivity index is 1.67. The first-order chi connectivity index (χ1) is 8.75. The molecule has 18 heavy (non-hydrogen) atoms. The molecule has 2 aliphatic rings. The second kappa shape index (κ2) is 4.71. The van der Waals surface area contributed by atoms with Gasteiger partial charge in [-0.25, -0.2) is 0 Å². The predicted octanol–water partition coefficient (Wildman–Crippen LogP) is 0.934. The van der Waals surface area contributed by atoms with Crippen LogP contribution in [-0.2, 0) is 9.53 Å². The van der Waals surface area contributed by atoms with Crippen LogP contribution >= 0.6 is 0 Å². The van der Waals surface area contributed by atoms with Gasteiger partial charge in [-0.2, -0.15) is 0 Å². The Morgan fingerprint density at radius 3 is 2.72 bits per heavy atom. The molecule has 0 bridgehead atoms. The lowest BCUT2D eigenvalue weighted by Crippen LogP contribution is -2.43. The van der Waals surface area contributed by atoms with Gasteiger partial charge in [0.25, 0.3) is 0 Å². The summed E-state index contributed by atoms with van der Waals surface area (Å²) in [5.41, 5.74) is 6.88. The Labute approximate surface area is 107 Å². The van der Waals surface area contributed by atoms with E-state index < -0.39 is 0 Å². The summed E-state index contributed by atoms with van der Waals surface area (Å²) in [6, 6.07) is 10.1. The molecule has 1 amide bonds. The number of carbonyl (C=O) groups excluding carboxylic acids is 1. The zero-order chi connectivity index (χ0) is 12.5. The highest BCUT2D eigenvalue weighted by Gasteiger charge is 2.43. The lowest BCUT2D eigenvalue weighted by atomic mass is 10.1. The van der Waals surface area contributed by atoms with E-state index in [1.165, 1.54) is 0 Å². The van der Waals surface area contributed by atoms with Crippen LogP contribution in [0.4, 0.5) is 0 Å². The van der Waals surface area contributed by atoms with Gasteiger partial charge in [0.05, 0.1) is 19.1 Å². The van der Waals surface area contributed by atoms with Crippen molar-refractivity contribution in [3.05, 3.63) is 35.9 Å². The van der Waals surface area contributed by atoms with Gasteiger partial charge in [0.2, 0.25) is 5.91 Å². The Morgan fingerprint density at radius 2 is 2.06 bits per heavy atom. The molecule has 1 aliphatic carbocycles. The van der Waals surface area contributed by atoms with Crippen LogP contribution in [0.5, 0.6) is 0 Å². The van der Waals surface area contributed by atoms with Gasteiger partial charge in [0, 0.05) is 12.6 Å². The molecule has 1 saturated carbocycles. The van der Waals surface area contributed by atoms with Gasteiger partial charge in [-0.3, -0.25) is 4.79 Å². The number of rotatable bonds is 2. The van der Waals surface area contributed by atoms with Crippen molar-refractivity contribution in [2.45, 2.75) is 18.6 Å². The minimum absolute atomic E-state index is 0.00104. The fourth-order valence-corrected chi connectivity index (χ4v) is 2.45. The summed E-state index contributed by atoms with van der Waals surface area (Å²) >= 11 is 0. The second-order valence-electron chi connectivity index (χ2n) is 5.06.